The first kappa shape index (κ1) is 41.1. The van der Waals surface area contributed by atoms with Gasteiger partial charge in [0.15, 0.2) is 24.8 Å². The Kier molecular flexibility index (Phi) is 12.1. The molecule has 6 heterocycles. The van der Waals surface area contributed by atoms with Gasteiger partial charge < -0.3 is 43.2 Å². The zero-order chi connectivity index (χ0) is 41.8. The van der Waals surface area contributed by atoms with E-state index in [0.29, 0.717) is 28.4 Å². The number of carbonyl (C=O) groups is 6. The zero-order valence-corrected chi connectivity index (χ0v) is 33.1. The number of cyclic esters (lactones) is 1. The number of amides is 4. The fourth-order valence-electron chi connectivity index (χ4n) is 7.46. The summed E-state index contributed by atoms with van der Waals surface area (Å²) in [4.78, 5) is 95.8. The Labute approximate surface area is 339 Å². The molecule has 3 aromatic rings. The molecular weight excluding hydrogens is 769 g/mol. The van der Waals surface area contributed by atoms with Crippen molar-refractivity contribution in [3.05, 3.63) is 63.0 Å². The molecule has 0 saturated heterocycles. The number of aryl methyl sites for hydroxylation is 1. The van der Waals surface area contributed by atoms with E-state index < -0.39 is 41.7 Å². The Bertz CT molecular complexity index is 2310. The molecule has 0 aliphatic carbocycles. The van der Waals surface area contributed by atoms with Crippen molar-refractivity contribution < 1.29 is 57.2 Å². The Morgan fingerprint density at radius 1 is 0.949 bits per heavy atom. The van der Waals surface area contributed by atoms with Gasteiger partial charge in [-0.05, 0) is 30.5 Å². The van der Waals surface area contributed by atoms with E-state index >= 15 is 0 Å². The first-order valence-electron chi connectivity index (χ1n) is 19.5. The number of likely N-dealkylation sites (N-methyl/N-ethyl adjacent to an activating group) is 1. The Hall–Kier alpha value is -6.08. The fraction of sp³-hybridized carbons (Fsp3) is 0.450. The molecule has 2 aromatic heterocycles. The third-order valence-electron chi connectivity index (χ3n) is 10.7. The lowest BCUT2D eigenvalue weighted by Crippen LogP contribution is -2.49. The minimum Gasteiger partial charge on any atom is -0.458 e. The number of aromatic nitrogens is 2. The van der Waals surface area contributed by atoms with Crippen LogP contribution >= 0.6 is 0 Å². The molecule has 7 rings (SSSR count). The first-order valence-corrected chi connectivity index (χ1v) is 19.5. The zero-order valence-electron chi connectivity index (χ0n) is 33.1. The van der Waals surface area contributed by atoms with Gasteiger partial charge in [-0.2, -0.15) is 0 Å². The fourth-order valence-corrected chi connectivity index (χ4v) is 7.46. The molecule has 1 atom stereocenters. The third kappa shape index (κ3) is 8.43. The molecule has 0 fully saturated rings. The van der Waals surface area contributed by atoms with Crippen LogP contribution in [0.4, 0.5) is 0 Å². The number of rotatable bonds is 18. The Morgan fingerprint density at radius 2 is 1.68 bits per heavy atom. The highest BCUT2D eigenvalue weighted by atomic mass is 16.7. The number of imide groups is 1. The number of esters is 2. The summed E-state index contributed by atoms with van der Waals surface area (Å²) in [5.41, 5.74) is 1.76. The number of fused-ring (bicyclic) bond motifs is 6. The number of ether oxygens (including phenoxy) is 6. The van der Waals surface area contributed by atoms with Crippen LogP contribution in [0.2, 0.25) is 0 Å². The number of nitrogens with zero attached hydrogens (tertiary/aromatic N) is 4. The summed E-state index contributed by atoms with van der Waals surface area (Å²) in [6.45, 7) is 2.55. The minimum atomic E-state index is -1.97. The monoisotopic (exact) mass is 813 g/mol. The average molecular weight is 814 g/mol. The van der Waals surface area contributed by atoms with Crippen LogP contribution in [0.25, 0.3) is 22.3 Å². The van der Waals surface area contributed by atoms with Crippen LogP contribution in [-0.2, 0) is 72.8 Å². The lowest BCUT2D eigenvalue weighted by atomic mass is 9.72. The van der Waals surface area contributed by atoms with Gasteiger partial charge in [0, 0.05) is 61.3 Å². The summed E-state index contributed by atoms with van der Waals surface area (Å²) in [6, 6.07) is 5.45. The van der Waals surface area contributed by atoms with Crippen LogP contribution in [0.5, 0.6) is 11.5 Å². The van der Waals surface area contributed by atoms with E-state index in [9.17, 15) is 33.6 Å². The van der Waals surface area contributed by atoms with Gasteiger partial charge in [-0.3, -0.25) is 33.7 Å². The van der Waals surface area contributed by atoms with Crippen LogP contribution < -0.4 is 20.3 Å². The molecule has 59 heavy (non-hydrogen) atoms. The Balaban J connectivity index is 0.915. The van der Waals surface area contributed by atoms with Gasteiger partial charge in [0.05, 0.1) is 61.9 Å². The second kappa shape index (κ2) is 17.4. The SMILES string of the molecule is B[C@@]1(OC(=O)CN(C)C(=O)CCOCCOCCNC(=O)CCN2C(=O)C=CC2=O)C(=O)OCc2c1cc1n(c2=O)Cc2c-1nc1cc3c(cc1c2CCCC)OCO3. The number of nitrogens with one attached hydrogen (secondary N) is 1. The normalized spacial score (nSPS) is 17.2. The maximum Gasteiger partial charge on any atom is 0.345 e. The number of benzene rings is 1. The summed E-state index contributed by atoms with van der Waals surface area (Å²) in [5.74, 6) is -2.14. The predicted molar refractivity (Wildman–Crippen MR) is 209 cm³/mol. The smallest absolute Gasteiger partial charge is 0.345 e. The van der Waals surface area contributed by atoms with Crippen molar-refractivity contribution in [2.75, 3.05) is 59.9 Å². The second-order valence-electron chi connectivity index (χ2n) is 14.6. The summed E-state index contributed by atoms with van der Waals surface area (Å²) in [5, 5.41) is 3.56. The molecule has 4 amide bonds. The molecule has 310 valence electrons. The summed E-state index contributed by atoms with van der Waals surface area (Å²) < 4.78 is 35.0. The van der Waals surface area contributed by atoms with Gasteiger partial charge in [0.2, 0.25) is 18.6 Å². The molecule has 18 nitrogen and oxygen atoms in total. The van der Waals surface area contributed by atoms with Crippen LogP contribution in [0.3, 0.4) is 0 Å². The molecule has 0 saturated carbocycles. The highest BCUT2D eigenvalue weighted by Crippen LogP contribution is 2.43. The average Bonchev–Trinajstić information content (AvgIpc) is 3.92. The van der Waals surface area contributed by atoms with Gasteiger partial charge >= 0.3 is 11.9 Å². The van der Waals surface area contributed by atoms with Crippen molar-refractivity contribution in [1.29, 1.82) is 0 Å². The molecule has 0 unspecified atom stereocenters. The van der Waals surface area contributed by atoms with Crippen molar-refractivity contribution in [2.24, 2.45) is 0 Å². The quantitative estimate of drug-likeness (QED) is 0.0616. The predicted octanol–water partition coefficient (Wildman–Crippen LogP) is 0.195. The van der Waals surface area contributed by atoms with Crippen molar-refractivity contribution in [2.45, 2.75) is 57.7 Å². The second-order valence-corrected chi connectivity index (χ2v) is 14.6. The molecule has 1 N–H and O–H groups in total. The molecule has 4 aliphatic heterocycles. The van der Waals surface area contributed by atoms with E-state index in [0.717, 1.165) is 57.7 Å². The minimum absolute atomic E-state index is 0.00544. The van der Waals surface area contributed by atoms with E-state index in [1.807, 2.05) is 12.1 Å². The number of pyridine rings is 2. The van der Waals surface area contributed by atoms with Crippen molar-refractivity contribution in [3.8, 4) is 22.9 Å². The lowest BCUT2D eigenvalue weighted by molar-refractivity contribution is -0.178. The molecule has 19 heteroatoms. The first-order chi connectivity index (χ1) is 28.4. The number of carbonyl (C=O) groups excluding carboxylic acids is 6. The maximum atomic E-state index is 14.1. The van der Waals surface area contributed by atoms with Gasteiger partial charge in [-0.1, -0.05) is 13.3 Å². The maximum absolute atomic E-state index is 14.1. The summed E-state index contributed by atoms with van der Waals surface area (Å²) in [7, 11) is 2.80. The number of hydrogen-bond donors (Lipinski definition) is 1. The van der Waals surface area contributed by atoms with Crippen molar-refractivity contribution >= 4 is 54.3 Å². The van der Waals surface area contributed by atoms with E-state index in [2.05, 4.69) is 12.2 Å². The van der Waals surface area contributed by atoms with Gasteiger partial charge in [-0.15, -0.1) is 0 Å². The van der Waals surface area contributed by atoms with Crippen molar-refractivity contribution in [3.63, 3.8) is 0 Å². The number of unbranched alkanes of at least 4 members (excludes halogenated alkanes) is 1. The standard InChI is InChI=1S/C40H44BN5O13/c1-3-4-5-23-24-16-30-31(58-22-57-30)18-28(24)43-37-25(23)19-46-29(37)17-27-26(38(46)52)21-56-39(53)40(27,41)59-36(51)20-44(2)33(48)9-12-54-14-15-55-13-10-42-32(47)8-11-45-34(49)6-7-35(45)50/h6-7,16-18H,3-5,8-15,19-22,41H2,1-2H3,(H,42,47)/t40-/m0/s1. The molecule has 4 aliphatic rings. The third-order valence-corrected chi connectivity index (χ3v) is 10.7. The van der Waals surface area contributed by atoms with Crippen molar-refractivity contribution in [1.82, 2.24) is 24.7 Å². The van der Waals surface area contributed by atoms with E-state index in [1.165, 1.54) is 14.9 Å². The molecule has 0 radical (unpaired) electrons. The van der Waals surface area contributed by atoms with Crippen LogP contribution in [0.1, 0.15) is 54.9 Å². The molecular formula is C40H44BN5O13. The van der Waals surface area contributed by atoms with Gasteiger partial charge in [0.25, 0.3) is 17.4 Å². The molecule has 0 bridgehead atoms. The van der Waals surface area contributed by atoms with Gasteiger partial charge in [0.1, 0.15) is 13.2 Å². The molecule has 0 spiro atoms. The van der Waals surface area contributed by atoms with Crippen LogP contribution in [0.15, 0.2) is 35.1 Å². The van der Waals surface area contributed by atoms with Crippen LogP contribution in [0, 0.1) is 0 Å². The molecule has 1 aromatic carbocycles. The largest absolute Gasteiger partial charge is 0.458 e. The summed E-state index contributed by atoms with van der Waals surface area (Å²) in [6.07, 6.45) is 4.88. The van der Waals surface area contributed by atoms with Crippen LogP contribution in [-0.4, -0.2) is 123 Å². The highest BCUT2D eigenvalue weighted by molar-refractivity contribution is 6.27. The number of hydrogen-bond acceptors (Lipinski definition) is 14. The lowest BCUT2D eigenvalue weighted by Gasteiger charge is -2.34. The van der Waals surface area contributed by atoms with E-state index in [-0.39, 0.29) is 94.9 Å². The van der Waals surface area contributed by atoms with Gasteiger partial charge in [-0.25, -0.2) is 9.78 Å². The highest BCUT2D eigenvalue weighted by Gasteiger charge is 2.48. The van der Waals surface area contributed by atoms with E-state index in [4.69, 9.17) is 33.4 Å². The Morgan fingerprint density at radius 3 is 2.42 bits per heavy atom. The topological polar surface area (TPSA) is 211 Å². The van der Waals surface area contributed by atoms with E-state index in [1.54, 1.807) is 10.6 Å². The summed E-state index contributed by atoms with van der Waals surface area (Å²) >= 11 is 0.